The topological polar surface area (TPSA) is 64.4 Å². The lowest BCUT2D eigenvalue weighted by Gasteiger charge is -2.18. The summed E-state index contributed by atoms with van der Waals surface area (Å²) in [5, 5.41) is 3.02. The molecule has 18 heavy (non-hydrogen) atoms. The van der Waals surface area contributed by atoms with Crippen molar-refractivity contribution in [1.29, 1.82) is 0 Å². The molecule has 0 aliphatic carbocycles. The molecule has 0 saturated heterocycles. The molecule has 0 bridgehead atoms. The van der Waals surface area contributed by atoms with Gasteiger partial charge in [-0.1, -0.05) is 18.2 Å². The highest BCUT2D eigenvalue weighted by molar-refractivity contribution is 5.85. The summed E-state index contributed by atoms with van der Waals surface area (Å²) in [6.45, 7) is 1.09. The van der Waals surface area contributed by atoms with E-state index in [-0.39, 0.29) is 24.4 Å². The van der Waals surface area contributed by atoms with E-state index in [0.717, 1.165) is 24.2 Å². The Bertz CT molecular complexity index is 398. The maximum Gasteiger partial charge on any atom is 0.221 e. The molecule has 2 rings (SSSR count). The van der Waals surface area contributed by atoms with Crippen LogP contribution in [0.3, 0.4) is 0 Å². The third kappa shape index (κ3) is 3.62. The van der Waals surface area contributed by atoms with Crippen molar-refractivity contribution in [2.45, 2.75) is 25.3 Å². The molecular formula is C13H19ClN2O2. The largest absolute Gasteiger partial charge is 0.493 e. The molecule has 4 nitrogen and oxygen atoms in total. The number of ether oxygens (including phenoxy) is 1. The van der Waals surface area contributed by atoms with Gasteiger partial charge in [0.1, 0.15) is 5.75 Å². The summed E-state index contributed by atoms with van der Waals surface area (Å²) < 4.78 is 5.64. The van der Waals surface area contributed by atoms with Crippen molar-refractivity contribution in [3.63, 3.8) is 0 Å². The van der Waals surface area contributed by atoms with E-state index >= 15 is 0 Å². The highest BCUT2D eigenvalue weighted by Gasteiger charge is 2.20. The molecule has 1 heterocycles. The monoisotopic (exact) mass is 270 g/mol. The molecule has 1 aliphatic heterocycles. The number of carbonyl (C=O) groups is 1. The van der Waals surface area contributed by atoms with Gasteiger partial charge < -0.3 is 15.8 Å². The Morgan fingerprint density at radius 2 is 2.22 bits per heavy atom. The molecular weight excluding hydrogens is 252 g/mol. The van der Waals surface area contributed by atoms with Crippen LogP contribution in [0.4, 0.5) is 0 Å². The first-order valence-corrected chi connectivity index (χ1v) is 6.02. The molecule has 0 aromatic heterocycles. The van der Waals surface area contributed by atoms with Crippen molar-refractivity contribution in [2.24, 2.45) is 5.73 Å². The number of fused-ring (bicyclic) bond motifs is 1. The van der Waals surface area contributed by atoms with Gasteiger partial charge >= 0.3 is 0 Å². The molecule has 1 aliphatic rings. The molecule has 3 N–H and O–H groups in total. The number of rotatable bonds is 3. The van der Waals surface area contributed by atoms with Crippen molar-refractivity contribution in [1.82, 2.24) is 5.32 Å². The van der Waals surface area contributed by atoms with E-state index in [1.54, 1.807) is 0 Å². The number of hydrogen-bond donors (Lipinski definition) is 2. The summed E-state index contributed by atoms with van der Waals surface area (Å²) in [6.07, 6.45) is 2.23. The van der Waals surface area contributed by atoms with Crippen molar-refractivity contribution < 1.29 is 9.53 Å². The number of hydrogen-bond acceptors (Lipinski definition) is 3. The quantitative estimate of drug-likeness (QED) is 0.880. The Morgan fingerprint density at radius 1 is 1.44 bits per heavy atom. The van der Waals surface area contributed by atoms with Crippen LogP contribution in [0.5, 0.6) is 5.75 Å². The van der Waals surface area contributed by atoms with Gasteiger partial charge in [-0.2, -0.15) is 0 Å². The SMILES string of the molecule is Cl.NCCC(=O)NC1CCCOc2ccccc21. The summed E-state index contributed by atoms with van der Waals surface area (Å²) >= 11 is 0. The zero-order valence-corrected chi connectivity index (χ0v) is 11.0. The zero-order valence-electron chi connectivity index (χ0n) is 10.2. The van der Waals surface area contributed by atoms with Gasteiger partial charge in [-0.25, -0.2) is 0 Å². The molecule has 1 aromatic rings. The number of nitrogens with two attached hydrogens (primary N) is 1. The number of benzene rings is 1. The summed E-state index contributed by atoms with van der Waals surface area (Å²) in [4.78, 5) is 11.6. The standard InChI is InChI=1S/C13H18N2O2.ClH/c14-8-7-13(16)15-11-5-3-9-17-12-6-2-1-4-10(11)12;/h1-2,4,6,11H,3,5,7-9,14H2,(H,15,16);1H. The molecule has 1 amide bonds. The lowest BCUT2D eigenvalue weighted by atomic mass is 10.0. The number of halogens is 1. The lowest BCUT2D eigenvalue weighted by molar-refractivity contribution is -0.121. The zero-order chi connectivity index (χ0) is 12.1. The first kappa shape index (κ1) is 14.8. The Labute approximate surface area is 113 Å². The third-order valence-electron chi connectivity index (χ3n) is 2.90. The number of carbonyl (C=O) groups excluding carboxylic acids is 1. The average Bonchev–Trinajstić information content (AvgIpc) is 2.53. The van der Waals surface area contributed by atoms with Crippen LogP contribution in [-0.2, 0) is 4.79 Å². The first-order chi connectivity index (χ1) is 8.31. The minimum Gasteiger partial charge on any atom is -0.493 e. The number of nitrogens with one attached hydrogen (secondary N) is 1. The van der Waals surface area contributed by atoms with Crippen molar-refractivity contribution >= 4 is 18.3 Å². The van der Waals surface area contributed by atoms with E-state index in [2.05, 4.69) is 5.32 Å². The van der Waals surface area contributed by atoms with Crippen LogP contribution in [0.25, 0.3) is 0 Å². The van der Waals surface area contributed by atoms with E-state index in [1.165, 1.54) is 0 Å². The molecule has 5 heteroatoms. The Balaban J connectivity index is 0.00000162. The molecule has 0 fully saturated rings. The Hall–Kier alpha value is -1.26. The summed E-state index contributed by atoms with van der Waals surface area (Å²) in [7, 11) is 0. The fourth-order valence-corrected chi connectivity index (χ4v) is 2.07. The Morgan fingerprint density at radius 3 is 3.00 bits per heavy atom. The smallest absolute Gasteiger partial charge is 0.221 e. The fraction of sp³-hybridized carbons (Fsp3) is 0.462. The van der Waals surface area contributed by atoms with Gasteiger partial charge in [0, 0.05) is 18.5 Å². The summed E-state index contributed by atoms with van der Waals surface area (Å²) in [6, 6.07) is 7.92. The van der Waals surface area contributed by atoms with Crippen LogP contribution in [0.1, 0.15) is 30.9 Å². The predicted molar refractivity (Wildman–Crippen MR) is 73.0 cm³/mol. The Kier molecular flexibility index (Phi) is 5.95. The van der Waals surface area contributed by atoms with Crippen LogP contribution in [0.15, 0.2) is 24.3 Å². The average molecular weight is 271 g/mol. The molecule has 1 unspecified atom stereocenters. The fourth-order valence-electron chi connectivity index (χ4n) is 2.07. The van der Waals surface area contributed by atoms with Crippen LogP contribution in [0, 0.1) is 0 Å². The van der Waals surface area contributed by atoms with Gasteiger partial charge in [0.15, 0.2) is 0 Å². The van der Waals surface area contributed by atoms with E-state index in [1.807, 2.05) is 24.3 Å². The van der Waals surface area contributed by atoms with E-state index in [0.29, 0.717) is 19.6 Å². The normalized spacial score (nSPS) is 17.7. The highest BCUT2D eigenvalue weighted by Crippen LogP contribution is 2.30. The predicted octanol–water partition coefficient (Wildman–Crippen LogP) is 1.79. The molecule has 0 saturated carbocycles. The van der Waals surface area contributed by atoms with Crippen LogP contribution in [-0.4, -0.2) is 19.1 Å². The van der Waals surface area contributed by atoms with Crippen molar-refractivity contribution in [3.05, 3.63) is 29.8 Å². The van der Waals surface area contributed by atoms with Gasteiger partial charge in [0.25, 0.3) is 0 Å². The maximum absolute atomic E-state index is 11.6. The van der Waals surface area contributed by atoms with Gasteiger partial charge in [-0.3, -0.25) is 4.79 Å². The maximum atomic E-state index is 11.6. The highest BCUT2D eigenvalue weighted by atomic mass is 35.5. The second kappa shape index (κ2) is 7.24. The molecule has 1 aromatic carbocycles. The van der Waals surface area contributed by atoms with E-state index < -0.39 is 0 Å². The van der Waals surface area contributed by atoms with Gasteiger partial charge in [-0.15, -0.1) is 12.4 Å². The second-order valence-corrected chi connectivity index (χ2v) is 4.19. The molecule has 100 valence electrons. The van der Waals surface area contributed by atoms with Gasteiger partial charge in [-0.05, 0) is 18.9 Å². The molecule has 1 atom stereocenters. The number of amides is 1. The van der Waals surface area contributed by atoms with Gasteiger partial charge in [0.05, 0.1) is 12.6 Å². The molecule has 0 radical (unpaired) electrons. The second-order valence-electron chi connectivity index (χ2n) is 4.19. The minimum absolute atomic E-state index is 0. The first-order valence-electron chi connectivity index (χ1n) is 6.02. The van der Waals surface area contributed by atoms with Crippen molar-refractivity contribution in [2.75, 3.05) is 13.2 Å². The summed E-state index contributed by atoms with van der Waals surface area (Å²) in [5.41, 5.74) is 6.44. The summed E-state index contributed by atoms with van der Waals surface area (Å²) in [5.74, 6) is 0.886. The van der Waals surface area contributed by atoms with Crippen LogP contribution >= 0.6 is 12.4 Å². The van der Waals surface area contributed by atoms with Crippen LogP contribution in [0.2, 0.25) is 0 Å². The van der Waals surface area contributed by atoms with Crippen LogP contribution < -0.4 is 15.8 Å². The van der Waals surface area contributed by atoms with Gasteiger partial charge in [0.2, 0.25) is 5.91 Å². The van der Waals surface area contributed by atoms with Crippen molar-refractivity contribution in [3.8, 4) is 5.75 Å². The van der Waals surface area contributed by atoms with E-state index in [4.69, 9.17) is 10.5 Å². The lowest BCUT2D eigenvalue weighted by Crippen LogP contribution is -2.29. The third-order valence-corrected chi connectivity index (χ3v) is 2.90. The minimum atomic E-state index is 0. The van der Waals surface area contributed by atoms with E-state index in [9.17, 15) is 4.79 Å². The number of para-hydroxylation sites is 1. The molecule has 0 spiro atoms.